The van der Waals surface area contributed by atoms with Gasteiger partial charge in [0.05, 0.1) is 5.52 Å². The molecule has 2 aromatic rings. The Bertz CT molecular complexity index is 619. The Morgan fingerprint density at radius 1 is 1.26 bits per heavy atom. The lowest BCUT2D eigenvalue weighted by atomic mass is 10.1. The Kier molecular flexibility index (Phi) is 3.31. The van der Waals surface area contributed by atoms with Crippen LogP contribution in [0.3, 0.4) is 0 Å². The van der Waals surface area contributed by atoms with Crippen molar-refractivity contribution in [3.8, 4) is 0 Å². The van der Waals surface area contributed by atoms with Gasteiger partial charge in [0.2, 0.25) is 0 Å². The van der Waals surface area contributed by atoms with E-state index in [2.05, 4.69) is 21.4 Å². The molecule has 1 aliphatic carbocycles. The van der Waals surface area contributed by atoms with Gasteiger partial charge in [-0.1, -0.05) is 11.6 Å². The number of nitrogen functional groups attached to an aromatic ring is 1. The van der Waals surface area contributed by atoms with Crippen LogP contribution in [-0.2, 0) is 0 Å². The fourth-order valence-electron chi connectivity index (χ4n) is 2.52. The number of rotatable bonds is 4. The predicted molar refractivity (Wildman–Crippen MR) is 79.0 cm³/mol. The van der Waals surface area contributed by atoms with Gasteiger partial charge in [-0.2, -0.15) is 0 Å². The van der Waals surface area contributed by atoms with Crippen LogP contribution in [0.4, 0.5) is 11.5 Å². The molecule has 1 aromatic carbocycles. The van der Waals surface area contributed by atoms with Crippen LogP contribution in [0.5, 0.6) is 0 Å². The first kappa shape index (κ1) is 12.0. The quantitative estimate of drug-likeness (QED) is 0.650. The van der Waals surface area contributed by atoms with Crippen LogP contribution < -0.4 is 11.1 Å². The van der Waals surface area contributed by atoms with Gasteiger partial charge in [-0.05, 0) is 43.9 Å². The van der Waals surface area contributed by atoms with Gasteiger partial charge in [0.1, 0.15) is 12.1 Å². The molecule has 98 valence electrons. The minimum atomic E-state index is 0.740. The maximum absolute atomic E-state index is 5.83. The summed E-state index contributed by atoms with van der Waals surface area (Å²) in [5.74, 6) is 0.871. The van der Waals surface area contributed by atoms with E-state index >= 15 is 0 Å². The van der Waals surface area contributed by atoms with Crippen molar-refractivity contribution in [2.75, 3.05) is 17.6 Å². The number of allylic oxidation sites excluding steroid dienone is 1. The first-order chi connectivity index (χ1) is 9.33. The van der Waals surface area contributed by atoms with Gasteiger partial charge in [-0.3, -0.25) is 0 Å². The van der Waals surface area contributed by atoms with Crippen molar-refractivity contribution in [2.45, 2.75) is 25.7 Å². The number of anilines is 2. The molecule has 0 aliphatic heterocycles. The monoisotopic (exact) mass is 254 g/mol. The fraction of sp³-hybridized carbons (Fsp3) is 0.333. The molecule has 3 rings (SSSR count). The number of hydrogen-bond acceptors (Lipinski definition) is 4. The van der Waals surface area contributed by atoms with Crippen molar-refractivity contribution in [3.63, 3.8) is 0 Å². The van der Waals surface area contributed by atoms with Crippen LogP contribution in [0, 0.1) is 0 Å². The normalized spacial score (nSPS) is 14.6. The SMILES string of the molecule is Nc1ccc2ncnc(NCCC3=CCCC3)c2c1. The van der Waals surface area contributed by atoms with Gasteiger partial charge in [0, 0.05) is 17.6 Å². The van der Waals surface area contributed by atoms with E-state index in [1.54, 1.807) is 11.9 Å². The van der Waals surface area contributed by atoms with Crippen LogP contribution in [0.2, 0.25) is 0 Å². The third-order valence-electron chi connectivity index (χ3n) is 3.53. The summed E-state index contributed by atoms with van der Waals surface area (Å²) < 4.78 is 0. The summed E-state index contributed by atoms with van der Waals surface area (Å²) in [5, 5.41) is 4.38. The molecule has 0 saturated heterocycles. The second kappa shape index (κ2) is 5.26. The highest BCUT2D eigenvalue weighted by Gasteiger charge is 2.06. The fourth-order valence-corrected chi connectivity index (χ4v) is 2.52. The lowest BCUT2D eigenvalue weighted by molar-refractivity contribution is 0.862. The molecule has 19 heavy (non-hydrogen) atoms. The number of hydrogen-bond donors (Lipinski definition) is 2. The average molecular weight is 254 g/mol. The second-order valence-corrected chi connectivity index (χ2v) is 4.93. The number of aromatic nitrogens is 2. The number of fused-ring (bicyclic) bond motifs is 1. The van der Waals surface area contributed by atoms with E-state index in [1.165, 1.54) is 19.3 Å². The lowest BCUT2D eigenvalue weighted by Crippen LogP contribution is -2.05. The van der Waals surface area contributed by atoms with Gasteiger partial charge < -0.3 is 11.1 Å². The molecule has 1 heterocycles. The zero-order valence-electron chi connectivity index (χ0n) is 10.9. The van der Waals surface area contributed by atoms with Crippen LogP contribution in [-0.4, -0.2) is 16.5 Å². The van der Waals surface area contributed by atoms with Gasteiger partial charge in [0.25, 0.3) is 0 Å². The molecular formula is C15H18N4. The molecule has 0 fully saturated rings. The molecule has 0 amide bonds. The van der Waals surface area contributed by atoms with E-state index < -0.39 is 0 Å². The first-order valence-electron chi connectivity index (χ1n) is 6.75. The third kappa shape index (κ3) is 2.67. The van der Waals surface area contributed by atoms with Crippen molar-refractivity contribution >= 4 is 22.4 Å². The Labute approximate surface area is 112 Å². The minimum Gasteiger partial charge on any atom is -0.399 e. The predicted octanol–water partition coefficient (Wildman–Crippen LogP) is 3.12. The standard InChI is InChI=1S/C15H18N4/c16-12-5-6-14-13(9-12)15(19-10-18-14)17-8-7-11-3-1-2-4-11/h3,5-6,9-10H,1-2,4,7-8,16H2,(H,17,18,19). The minimum absolute atomic E-state index is 0.740. The molecular weight excluding hydrogens is 236 g/mol. The number of benzene rings is 1. The zero-order valence-corrected chi connectivity index (χ0v) is 10.9. The van der Waals surface area contributed by atoms with E-state index in [-0.39, 0.29) is 0 Å². The molecule has 4 nitrogen and oxygen atoms in total. The van der Waals surface area contributed by atoms with E-state index in [0.717, 1.165) is 35.4 Å². The summed E-state index contributed by atoms with van der Waals surface area (Å²) in [7, 11) is 0. The van der Waals surface area contributed by atoms with Crippen molar-refractivity contribution in [2.24, 2.45) is 0 Å². The zero-order chi connectivity index (χ0) is 13.1. The topological polar surface area (TPSA) is 63.8 Å². The highest BCUT2D eigenvalue weighted by molar-refractivity contribution is 5.91. The summed E-state index contributed by atoms with van der Waals surface area (Å²) >= 11 is 0. The van der Waals surface area contributed by atoms with E-state index in [4.69, 9.17) is 5.73 Å². The Balaban J connectivity index is 1.74. The first-order valence-corrected chi connectivity index (χ1v) is 6.75. The molecule has 0 spiro atoms. The Hall–Kier alpha value is -2.10. The molecule has 0 radical (unpaired) electrons. The van der Waals surface area contributed by atoms with Crippen molar-refractivity contribution in [1.29, 1.82) is 0 Å². The molecule has 0 unspecified atom stereocenters. The van der Waals surface area contributed by atoms with Crippen molar-refractivity contribution in [3.05, 3.63) is 36.2 Å². The van der Waals surface area contributed by atoms with Crippen molar-refractivity contribution in [1.82, 2.24) is 9.97 Å². The molecule has 4 heteroatoms. The molecule has 1 aromatic heterocycles. The van der Waals surface area contributed by atoms with Crippen LogP contribution in [0.25, 0.3) is 10.9 Å². The average Bonchev–Trinajstić information content (AvgIpc) is 2.92. The van der Waals surface area contributed by atoms with E-state index in [1.807, 2.05) is 18.2 Å². The highest BCUT2D eigenvalue weighted by Crippen LogP contribution is 2.23. The molecule has 0 saturated carbocycles. The largest absolute Gasteiger partial charge is 0.399 e. The maximum Gasteiger partial charge on any atom is 0.137 e. The highest BCUT2D eigenvalue weighted by atomic mass is 15.0. The van der Waals surface area contributed by atoms with Crippen LogP contribution in [0.1, 0.15) is 25.7 Å². The molecule has 1 aliphatic rings. The summed E-state index contributed by atoms with van der Waals surface area (Å²) in [5.41, 5.74) is 9.05. The summed E-state index contributed by atoms with van der Waals surface area (Å²) in [4.78, 5) is 8.57. The van der Waals surface area contributed by atoms with Gasteiger partial charge >= 0.3 is 0 Å². The van der Waals surface area contributed by atoms with E-state index in [9.17, 15) is 0 Å². The molecule has 0 bridgehead atoms. The Morgan fingerprint density at radius 3 is 3.05 bits per heavy atom. The van der Waals surface area contributed by atoms with Gasteiger partial charge in [0.15, 0.2) is 0 Å². The van der Waals surface area contributed by atoms with Crippen molar-refractivity contribution < 1.29 is 0 Å². The maximum atomic E-state index is 5.83. The Morgan fingerprint density at radius 2 is 2.21 bits per heavy atom. The molecule has 0 atom stereocenters. The lowest BCUT2D eigenvalue weighted by Gasteiger charge is -2.09. The van der Waals surface area contributed by atoms with Gasteiger partial charge in [-0.15, -0.1) is 0 Å². The van der Waals surface area contributed by atoms with Crippen LogP contribution in [0.15, 0.2) is 36.2 Å². The second-order valence-electron chi connectivity index (χ2n) is 4.93. The van der Waals surface area contributed by atoms with E-state index in [0.29, 0.717) is 0 Å². The number of nitrogens with two attached hydrogens (primary N) is 1. The molecule has 3 N–H and O–H groups in total. The number of nitrogens with zero attached hydrogens (tertiary/aromatic N) is 2. The summed E-state index contributed by atoms with van der Waals surface area (Å²) in [6, 6.07) is 5.71. The van der Waals surface area contributed by atoms with Crippen LogP contribution >= 0.6 is 0 Å². The summed E-state index contributed by atoms with van der Waals surface area (Å²) in [6.07, 6.45) is 8.84. The third-order valence-corrected chi connectivity index (χ3v) is 3.53. The number of nitrogens with one attached hydrogen (secondary N) is 1. The smallest absolute Gasteiger partial charge is 0.137 e. The van der Waals surface area contributed by atoms with Gasteiger partial charge in [-0.25, -0.2) is 9.97 Å². The summed E-state index contributed by atoms with van der Waals surface area (Å²) in [6.45, 7) is 0.909.